The number of carbonyl (C=O) groups excluding carboxylic acids is 1. The minimum Gasteiger partial charge on any atom is -0.351 e. The van der Waals surface area contributed by atoms with Gasteiger partial charge in [-0.15, -0.1) is 0 Å². The largest absolute Gasteiger partial charge is 0.351 e. The molecule has 18 heavy (non-hydrogen) atoms. The standard InChI is InChI=1S/C12H20N4OS/c1-18-9-4-2-3-8-14-12(17)10-6-5-7-11(15-10)16-13/h5-7H,2-4,8-9,13H2,1H3,(H,14,17)(H,15,16). The van der Waals surface area contributed by atoms with Crippen molar-refractivity contribution in [2.45, 2.75) is 19.3 Å². The summed E-state index contributed by atoms with van der Waals surface area (Å²) >= 11 is 1.85. The highest BCUT2D eigenvalue weighted by molar-refractivity contribution is 7.98. The summed E-state index contributed by atoms with van der Waals surface area (Å²) in [4.78, 5) is 15.8. The van der Waals surface area contributed by atoms with Crippen LogP contribution in [0, 0.1) is 0 Å². The Balaban J connectivity index is 2.27. The molecule has 0 unspecified atom stereocenters. The van der Waals surface area contributed by atoms with Crippen molar-refractivity contribution in [2.75, 3.05) is 24.0 Å². The van der Waals surface area contributed by atoms with Crippen molar-refractivity contribution in [3.63, 3.8) is 0 Å². The number of thioether (sulfide) groups is 1. The molecule has 0 atom stereocenters. The van der Waals surface area contributed by atoms with Gasteiger partial charge in [0.2, 0.25) is 0 Å². The number of anilines is 1. The number of aromatic nitrogens is 1. The lowest BCUT2D eigenvalue weighted by Gasteiger charge is -2.05. The van der Waals surface area contributed by atoms with Gasteiger partial charge in [0.15, 0.2) is 0 Å². The maximum absolute atomic E-state index is 11.8. The summed E-state index contributed by atoms with van der Waals surface area (Å²) in [7, 11) is 0. The number of hydrogen-bond acceptors (Lipinski definition) is 5. The van der Waals surface area contributed by atoms with Crippen molar-refractivity contribution in [2.24, 2.45) is 5.84 Å². The van der Waals surface area contributed by atoms with Crippen LogP contribution in [-0.4, -0.2) is 29.4 Å². The molecule has 0 aliphatic rings. The minimum absolute atomic E-state index is 0.156. The molecule has 1 heterocycles. The second kappa shape index (κ2) is 8.77. The van der Waals surface area contributed by atoms with E-state index in [1.165, 1.54) is 12.2 Å². The van der Waals surface area contributed by atoms with Crippen molar-refractivity contribution >= 4 is 23.5 Å². The number of nitrogens with one attached hydrogen (secondary N) is 2. The fourth-order valence-electron chi connectivity index (χ4n) is 1.48. The molecule has 0 aliphatic carbocycles. The molecule has 0 bridgehead atoms. The summed E-state index contributed by atoms with van der Waals surface area (Å²) in [6.07, 6.45) is 5.44. The predicted octanol–water partition coefficient (Wildman–Crippen LogP) is 1.63. The van der Waals surface area contributed by atoms with Crippen LogP contribution in [0.25, 0.3) is 0 Å². The molecule has 6 heteroatoms. The second-order valence-electron chi connectivity index (χ2n) is 3.86. The van der Waals surface area contributed by atoms with Gasteiger partial charge in [0.25, 0.3) is 5.91 Å². The van der Waals surface area contributed by atoms with E-state index in [0.29, 0.717) is 18.1 Å². The van der Waals surface area contributed by atoms with Crippen LogP contribution in [0.1, 0.15) is 29.8 Å². The van der Waals surface area contributed by atoms with E-state index in [9.17, 15) is 4.79 Å². The maximum Gasteiger partial charge on any atom is 0.269 e. The molecule has 1 aromatic heterocycles. The zero-order valence-corrected chi connectivity index (χ0v) is 11.4. The molecule has 1 aromatic rings. The Bertz CT molecular complexity index is 373. The molecule has 0 radical (unpaired) electrons. The van der Waals surface area contributed by atoms with E-state index in [-0.39, 0.29) is 5.91 Å². The fraction of sp³-hybridized carbons (Fsp3) is 0.500. The molecule has 1 amide bonds. The van der Waals surface area contributed by atoms with Crippen LogP contribution in [-0.2, 0) is 0 Å². The molecule has 5 nitrogen and oxygen atoms in total. The first kappa shape index (κ1) is 14.8. The van der Waals surface area contributed by atoms with Gasteiger partial charge in [-0.1, -0.05) is 12.5 Å². The third-order valence-corrected chi connectivity index (χ3v) is 3.14. The molecular weight excluding hydrogens is 248 g/mol. The Labute approximate surface area is 112 Å². The zero-order valence-electron chi connectivity index (χ0n) is 10.6. The van der Waals surface area contributed by atoms with Crippen LogP contribution in [0.3, 0.4) is 0 Å². The number of nitrogens with two attached hydrogens (primary N) is 1. The number of pyridine rings is 1. The highest BCUT2D eigenvalue weighted by atomic mass is 32.2. The third kappa shape index (κ3) is 5.37. The van der Waals surface area contributed by atoms with Crippen molar-refractivity contribution in [3.05, 3.63) is 23.9 Å². The van der Waals surface area contributed by atoms with Crippen LogP contribution in [0.4, 0.5) is 5.82 Å². The Kier molecular flexibility index (Phi) is 7.20. The number of hydrazine groups is 1. The van der Waals surface area contributed by atoms with E-state index in [4.69, 9.17) is 5.84 Å². The molecule has 0 saturated carbocycles. The van der Waals surface area contributed by atoms with Crippen LogP contribution < -0.4 is 16.6 Å². The van der Waals surface area contributed by atoms with Crippen molar-refractivity contribution in [1.29, 1.82) is 0 Å². The summed E-state index contributed by atoms with van der Waals surface area (Å²) in [5, 5.41) is 2.85. The van der Waals surface area contributed by atoms with Crippen LogP contribution in [0.15, 0.2) is 18.2 Å². The van der Waals surface area contributed by atoms with Gasteiger partial charge in [-0.3, -0.25) is 4.79 Å². The van der Waals surface area contributed by atoms with E-state index in [1.807, 2.05) is 11.8 Å². The molecule has 0 aliphatic heterocycles. The molecular formula is C12H20N4OS. The van der Waals surface area contributed by atoms with Gasteiger partial charge < -0.3 is 10.7 Å². The van der Waals surface area contributed by atoms with E-state index in [1.54, 1.807) is 18.2 Å². The van der Waals surface area contributed by atoms with Gasteiger partial charge in [-0.25, -0.2) is 10.8 Å². The number of hydrogen-bond donors (Lipinski definition) is 3. The van der Waals surface area contributed by atoms with Crippen molar-refractivity contribution in [3.8, 4) is 0 Å². The third-order valence-electron chi connectivity index (χ3n) is 2.44. The lowest BCUT2D eigenvalue weighted by atomic mass is 10.2. The average Bonchev–Trinajstić information content (AvgIpc) is 2.42. The molecule has 100 valence electrons. The summed E-state index contributed by atoms with van der Waals surface area (Å²) in [5.41, 5.74) is 2.80. The number of amides is 1. The van der Waals surface area contributed by atoms with Crippen molar-refractivity contribution in [1.82, 2.24) is 10.3 Å². The van der Waals surface area contributed by atoms with Gasteiger partial charge in [-0.05, 0) is 37.0 Å². The molecule has 0 spiro atoms. The van der Waals surface area contributed by atoms with E-state index >= 15 is 0 Å². The highest BCUT2D eigenvalue weighted by Crippen LogP contribution is 2.04. The zero-order chi connectivity index (χ0) is 13.2. The van der Waals surface area contributed by atoms with E-state index in [2.05, 4.69) is 22.0 Å². The normalized spacial score (nSPS) is 10.1. The van der Waals surface area contributed by atoms with Gasteiger partial charge in [0.1, 0.15) is 11.5 Å². The quantitative estimate of drug-likeness (QED) is 0.379. The first-order valence-electron chi connectivity index (χ1n) is 5.98. The summed E-state index contributed by atoms with van der Waals surface area (Å²) in [6, 6.07) is 5.12. The highest BCUT2D eigenvalue weighted by Gasteiger charge is 2.06. The molecule has 0 saturated heterocycles. The molecule has 1 rings (SSSR count). The van der Waals surface area contributed by atoms with E-state index < -0.39 is 0 Å². The van der Waals surface area contributed by atoms with Crippen LogP contribution >= 0.6 is 11.8 Å². The Morgan fingerprint density at radius 2 is 2.22 bits per heavy atom. The van der Waals surface area contributed by atoms with Crippen LogP contribution in [0.5, 0.6) is 0 Å². The molecule has 0 aromatic carbocycles. The minimum atomic E-state index is -0.156. The lowest BCUT2D eigenvalue weighted by molar-refractivity contribution is 0.0948. The summed E-state index contributed by atoms with van der Waals surface area (Å²) in [5.74, 6) is 6.75. The smallest absolute Gasteiger partial charge is 0.269 e. The first-order valence-corrected chi connectivity index (χ1v) is 7.38. The Hall–Kier alpha value is -1.27. The second-order valence-corrected chi connectivity index (χ2v) is 4.85. The fourth-order valence-corrected chi connectivity index (χ4v) is 1.98. The van der Waals surface area contributed by atoms with Gasteiger partial charge in [-0.2, -0.15) is 11.8 Å². The number of unbranched alkanes of at least 4 members (excludes halogenated alkanes) is 2. The number of rotatable bonds is 8. The van der Waals surface area contributed by atoms with Crippen molar-refractivity contribution < 1.29 is 4.79 Å². The summed E-state index contributed by atoms with van der Waals surface area (Å²) < 4.78 is 0. The lowest BCUT2D eigenvalue weighted by Crippen LogP contribution is -2.25. The SMILES string of the molecule is CSCCCCCNC(=O)c1cccc(NN)n1. The molecule has 4 N–H and O–H groups in total. The Morgan fingerprint density at radius 1 is 1.39 bits per heavy atom. The van der Waals surface area contributed by atoms with Gasteiger partial charge in [0.05, 0.1) is 0 Å². The van der Waals surface area contributed by atoms with Gasteiger partial charge >= 0.3 is 0 Å². The topological polar surface area (TPSA) is 80.0 Å². The summed E-state index contributed by atoms with van der Waals surface area (Å²) in [6.45, 7) is 0.690. The Morgan fingerprint density at radius 3 is 2.94 bits per heavy atom. The molecule has 0 fully saturated rings. The average molecular weight is 268 g/mol. The monoisotopic (exact) mass is 268 g/mol. The maximum atomic E-state index is 11.8. The first-order chi connectivity index (χ1) is 8.77. The number of nitrogen functional groups attached to an aromatic ring is 1. The number of nitrogens with zero attached hydrogens (tertiary/aromatic N) is 1. The van der Waals surface area contributed by atoms with Crippen LogP contribution in [0.2, 0.25) is 0 Å². The van der Waals surface area contributed by atoms with E-state index in [0.717, 1.165) is 12.8 Å². The predicted molar refractivity (Wildman–Crippen MR) is 76.6 cm³/mol. The number of carbonyl (C=O) groups is 1. The van der Waals surface area contributed by atoms with Gasteiger partial charge in [0, 0.05) is 6.54 Å².